The minimum atomic E-state index is -3.73. The van der Waals surface area contributed by atoms with Gasteiger partial charge in [0, 0.05) is 24.2 Å². The number of carbonyl (C=O) groups is 2. The number of hydrogen-bond acceptors (Lipinski definition) is 4. The first kappa shape index (κ1) is 20.8. The molecule has 0 heterocycles. The summed E-state index contributed by atoms with van der Waals surface area (Å²) >= 11 is 0. The maximum atomic E-state index is 12.2. The van der Waals surface area contributed by atoms with Gasteiger partial charge in [-0.25, -0.2) is 13.1 Å². The van der Waals surface area contributed by atoms with Gasteiger partial charge < -0.3 is 5.32 Å². The van der Waals surface area contributed by atoms with Crippen LogP contribution in [0.2, 0.25) is 0 Å². The molecule has 6 nitrogen and oxygen atoms in total. The molecule has 0 atom stereocenters. The third-order valence-corrected chi connectivity index (χ3v) is 5.53. The normalized spacial score (nSPS) is 11.4. The van der Waals surface area contributed by atoms with Gasteiger partial charge in [-0.2, -0.15) is 0 Å². The number of nitrogens with one attached hydrogen (secondary N) is 2. The van der Waals surface area contributed by atoms with Gasteiger partial charge in [-0.3, -0.25) is 9.59 Å². The van der Waals surface area contributed by atoms with Crippen molar-refractivity contribution in [2.75, 3.05) is 11.9 Å². The molecular weight excluding hydrogens is 364 g/mol. The van der Waals surface area contributed by atoms with Crippen molar-refractivity contribution in [3.05, 3.63) is 59.7 Å². The van der Waals surface area contributed by atoms with Crippen LogP contribution in [0.3, 0.4) is 0 Å². The van der Waals surface area contributed by atoms with Crippen LogP contribution in [0.25, 0.3) is 0 Å². The highest BCUT2D eigenvalue weighted by Crippen LogP contribution is 2.18. The summed E-state index contributed by atoms with van der Waals surface area (Å²) in [6, 6.07) is 13.2. The summed E-state index contributed by atoms with van der Waals surface area (Å²) in [7, 11) is -3.73. The quantitative estimate of drug-likeness (QED) is 0.679. The van der Waals surface area contributed by atoms with E-state index < -0.39 is 10.0 Å². The maximum Gasteiger partial charge on any atom is 0.240 e. The molecule has 27 heavy (non-hydrogen) atoms. The number of hydrogen-bond donors (Lipinski definition) is 2. The molecule has 0 unspecified atom stereocenters. The minimum Gasteiger partial charge on any atom is -0.326 e. The third kappa shape index (κ3) is 6.01. The molecule has 0 bridgehead atoms. The molecule has 7 heteroatoms. The molecule has 2 aromatic rings. The average Bonchev–Trinajstić information content (AvgIpc) is 2.61. The number of carbonyl (C=O) groups excluding carboxylic acids is 2. The van der Waals surface area contributed by atoms with Crippen molar-refractivity contribution >= 4 is 27.4 Å². The van der Waals surface area contributed by atoms with E-state index in [4.69, 9.17) is 0 Å². The second-order valence-electron chi connectivity index (χ2n) is 6.56. The number of ketones is 1. The zero-order valence-electron chi connectivity index (χ0n) is 15.7. The van der Waals surface area contributed by atoms with Crippen LogP contribution in [0.5, 0.6) is 0 Å². The van der Waals surface area contributed by atoms with Crippen LogP contribution in [0, 0.1) is 0 Å². The molecule has 0 saturated heterocycles. The summed E-state index contributed by atoms with van der Waals surface area (Å²) in [6.45, 7) is 5.53. The van der Waals surface area contributed by atoms with E-state index in [2.05, 4.69) is 23.9 Å². The second-order valence-corrected chi connectivity index (χ2v) is 8.32. The van der Waals surface area contributed by atoms with E-state index in [9.17, 15) is 18.0 Å². The van der Waals surface area contributed by atoms with Gasteiger partial charge in [0.1, 0.15) is 0 Å². The fraction of sp³-hybridized carbons (Fsp3) is 0.300. The molecule has 0 saturated carbocycles. The summed E-state index contributed by atoms with van der Waals surface area (Å²) in [5.41, 5.74) is 2.24. The molecule has 0 aliphatic rings. The molecule has 0 spiro atoms. The lowest BCUT2D eigenvalue weighted by atomic mass is 10.0. The van der Waals surface area contributed by atoms with Gasteiger partial charge >= 0.3 is 0 Å². The second kappa shape index (κ2) is 8.92. The van der Waals surface area contributed by atoms with Gasteiger partial charge in [0.15, 0.2) is 5.78 Å². The molecule has 0 aromatic heterocycles. The molecule has 2 N–H and O–H groups in total. The largest absolute Gasteiger partial charge is 0.326 e. The Balaban J connectivity index is 1.90. The van der Waals surface area contributed by atoms with E-state index in [0.29, 0.717) is 17.2 Å². The van der Waals surface area contributed by atoms with E-state index in [-0.39, 0.29) is 29.6 Å². The van der Waals surface area contributed by atoms with Gasteiger partial charge in [0.05, 0.1) is 4.90 Å². The lowest BCUT2D eigenvalue weighted by Gasteiger charge is -2.10. The monoisotopic (exact) mass is 388 g/mol. The molecule has 0 aliphatic heterocycles. The summed E-state index contributed by atoms with van der Waals surface area (Å²) in [6.07, 6.45) is 0.0106. The van der Waals surface area contributed by atoms with Crippen LogP contribution in [0.1, 0.15) is 49.0 Å². The Kier molecular flexibility index (Phi) is 6.87. The number of anilines is 1. The lowest BCUT2D eigenvalue weighted by Crippen LogP contribution is -2.27. The van der Waals surface area contributed by atoms with E-state index >= 15 is 0 Å². The SMILES string of the molecule is CC(=O)c1ccc(S(=O)(=O)NCCC(=O)Nc2cccc(C(C)C)c2)cc1. The molecular formula is C20H24N2O4S. The molecule has 2 rings (SSSR count). The first-order valence-corrected chi connectivity index (χ1v) is 10.2. The highest BCUT2D eigenvalue weighted by molar-refractivity contribution is 7.89. The van der Waals surface area contributed by atoms with Crippen molar-refractivity contribution in [3.8, 4) is 0 Å². The number of Topliss-reactive ketones (excluding diaryl/α,β-unsaturated/α-hetero) is 1. The number of sulfonamides is 1. The van der Waals surface area contributed by atoms with Crippen LogP contribution in [0.4, 0.5) is 5.69 Å². The Morgan fingerprint density at radius 1 is 1.04 bits per heavy atom. The Morgan fingerprint density at radius 3 is 2.30 bits per heavy atom. The van der Waals surface area contributed by atoms with Crippen molar-refractivity contribution in [1.82, 2.24) is 4.72 Å². The van der Waals surface area contributed by atoms with Crippen LogP contribution < -0.4 is 10.0 Å². The Labute approximate surface area is 160 Å². The van der Waals surface area contributed by atoms with Crippen molar-refractivity contribution in [2.24, 2.45) is 0 Å². The fourth-order valence-corrected chi connectivity index (χ4v) is 3.48. The molecule has 2 aromatic carbocycles. The van der Waals surface area contributed by atoms with E-state index in [1.165, 1.54) is 31.2 Å². The predicted octanol–water partition coefficient (Wildman–Crippen LogP) is 3.32. The smallest absolute Gasteiger partial charge is 0.240 e. The van der Waals surface area contributed by atoms with Gasteiger partial charge in [0.2, 0.25) is 15.9 Å². The van der Waals surface area contributed by atoms with Crippen molar-refractivity contribution < 1.29 is 18.0 Å². The zero-order valence-corrected chi connectivity index (χ0v) is 16.5. The summed E-state index contributed by atoms with van der Waals surface area (Å²) in [4.78, 5) is 23.4. The zero-order chi connectivity index (χ0) is 20.0. The highest BCUT2D eigenvalue weighted by Gasteiger charge is 2.15. The van der Waals surface area contributed by atoms with Crippen LogP contribution >= 0.6 is 0 Å². The van der Waals surface area contributed by atoms with E-state index in [0.717, 1.165) is 5.56 Å². The van der Waals surface area contributed by atoms with Gasteiger partial charge in [-0.15, -0.1) is 0 Å². The topological polar surface area (TPSA) is 92.3 Å². The molecule has 1 amide bonds. The summed E-state index contributed by atoms with van der Waals surface area (Å²) in [5, 5.41) is 2.77. The number of amides is 1. The highest BCUT2D eigenvalue weighted by atomic mass is 32.2. The first-order valence-electron chi connectivity index (χ1n) is 8.69. The van der Waals surface area contributed by atoms with Crippen molar-refractivity contribution in [3.63, 3.8) is 0 Å². The molecule has 144 valence electrons. The average molecular weight is 388 g/mol. The first-order chi connectivity index (χ1) is 12.7. The van der Waals surface area contributed by atoms with Gasteiger partial charge in [-0.1, -0.05) is 38.1 Å². The van der Waals surface area contributed by atoms with Crippen LogP contribution in [0.15, 0.2) is 53.4 Å². The van der Waals surface area contributed by atoms with Gasteiger partial charge in [-0.05, 0) is 42.7 Å². The fourth-order valence-electron chi connectivity index (χ4n) is 2.45. The Hall–Kier alpha value is -2.51. The molecule has 0 aliphatic carbocycles. The van der Waals surface area contributed by atoms with Gasteiger partial charge in [0.25, 0.3) is 0 Å². The summed E-state index contributed by atoms with van der Waals surface area (Å²) in [5.74, 6) is -0.0568. The Morgan fingerprint density at radius 2 is 1.70 bits per heavy atom. The lowest BCUT2D eigenvalue weighted by molar-refractivity contribution is -0.116. The Bertz CT molecular complexity index is 919. The standard InChI is InChI=1S/C20H24N2O4S/c1-14(2)17-5-4-6-18(13-17)22-20(24)11-12-21-27(25,26)19-9-7-16(8-10-19)15(3)23/h4-10,13-14,21H,11-12H2,1-3H3,(H,22,24). The van der Waals surface area contributed by atoms with Crippen molar-refractivity contribution in [2.45, 2.75) is 38.0 Å². The summed E-state index contributed by atoms with van der Waals surface area (Å²) < 4.78 is 26.9. The number of benzene rings is 2. The number of rotatable bonds is 8. The van der Waals surface area contributed by atoms with E-state index in [1.807, 2.05) is 18.2 Å². The van der Waals surface area contributed by atoms with Crippen LogP contribution in [-0.4, -0.2) is 26.7 Å². The van der Waals surface area contributed by atoms with E-state index in [1.54, 1.807) is 6.07 Å². The minimum absolute atomic E-state index is 0.0106. The third-order valence-electron chi connectivity index (χ3n) is 4.05. The molecule has 0 radical (unpaired) electrons. The predicted molar refractivity (Wildman–Crippen MR) is 105 cm³/mol. The van der Waals surface area contributed by atoms with Crippen LogP contribution in [-0.2, 0) is 14.8 Å². The van der Waals surface area contributed by atoms with Crippen molar-refractivity contribution in [1.29, 1.82) is 0 Å². The molecule has 0 fully saturated rings. The maximum absolute atomic E-state index is 12.2.